The Morgan fingerprint density at radius 1 is 1.07 bits per heavy atom. The smallest absolute Gasteiger partial charge is 0.248 e. The predicted octanol–water partition coefficient (Wildman–Crippen LogP) is 1.86. The molecular weight excluding hydrogens is 380 g/mol. The molecule has 2 amide bonds. The number of hydrogen-bond acceptors (Lipinski definition) is 4. The monoisotopic (exact) mass is 397 g/mol. The molecular formula is C17H17F2N3O4S. The fraction of sp³-hybridized carbons (Fsp3) is 0.176. The predicted molar refractivity (Wildman–Crippen MR) is 96.7 cm³/mol. The van der Waals surface area contributed by atoms with Crippen molar-refractivity contribution in [1.29, 1.82) is 0 Å². The summed E-state index contributed by atoms with van der Waals surface area (Å²) in [6, 6.07) is 6.90. The van der Waals surface area contributed by atoms with Crippen molar-refractivity contribution in [3.8, 4) is 0 Å². The minimum absolute atomic E-state index is 0.192. The number of nitrogens with two attached hydrogens (primary N) is 1. The number of nitrogens with zero attached hydrogens (tertiary/aromatic N) is 1. The van der Waals surface area contributed by atoms with Crippen molar-refractivity contribution in [3.63, 3.8) is 0 Å². The molecule has 0 saturated heterocycles. The van der Waals surface area contributed by atoms with Crippen LogP contribution in [0.25, 0.3) is 0 Å². The Labute approximate surface area is 154 Å². The van der Waals surface area contributed by atoms with Gasteiger partial charge in [0.2, 0.25) is 21.8 Å². The third kappa shape index (κ3) is 4.79. The van der Waals surface area contributed by atoms with E-state index in [9.17, 15) is 26.8 Å². The van der Waals surface area contributed by atoms with Gasteiger partial charge in [-0.25, -0.2) is 17.2 Å². The number of halogens is 2. The second-order valence-corrected chi connectivity index (χ2v) is 7.62. The van der Waals surface area contributed by atoms with Crippen LogP contribution in [0.4, 0.5) is 20.2 Å². The zero-order valence-electron chi connectivity index (χ0n) is 14.4. The molecule has 3 N–H and O–H groups in total. The van der Waals surface area contributed by atoms with Crippen molar-refractivity contribution < 1.29 is 26.8 Å². The molecule has 0 spiro atoms. The minimum atomic E-state index is -3.98. The fourth-order valence-corrected chi connectivity index (χ4v) is 3.56. The molecule has 0 unspecified atom stereocenters. The van der Waals surface area contributed by atoms with E-state index in [-0.39, 0.29) is 11.3 Å². The summed E-state index contributed by atoms with van der Waals surface area (Å²) in [5.74, 6) is -3.73. The number of primary amides is 1. The molecule has 0 bridgehead atoms. The van der Waals surface area contributed by atoms with Crippen LogP contribution in [0.3, 0.4) is 0 Å². The van der Waals surface area contributed by atoms with Crippen molar-refractivity contribution in [2.45, 2.75) is 13.0 Å². The third-order valence-electron chi connectivity index (χ3n) is 3.68. The topological polar surface area (TPSA) is 110 Å². The summed E-state index contributed by atoms with van der Waals surface area (Å²) in [5, 5.41) is 2.49. The van der Waals surface area contributed by atoms with Crippen LogP contribution in [-0.4, -0.2) is 32.5 Å². The lowest BCUT2D eigenvalue weighted by atomic mass is 10.2. The van der Waals surface area contributed by atoms with Crippen LogP contribution >= 0.6 is 0 Å². The summed E-state index contributed by atoms with van der Waals surface area (Å²) in [7, 11) is -3.98. The molecule has 0 aromatic heterocycles. The fourth-order valence-electron chi connectivity index (χ4n) is 2.40. The standard InChI is InChI=1S/C17H17F2N3O4S/c1-10(17(24)21-12-5-3-11(4-6-12)16(20)23)22(27(2,25)26)13-7-8-14(18)15(19)9-13/h3-10H,1-2H3,(H2,20,23)(H,21,24)/t10-/m0/s1. The van der Waals surface area contributed by atoms with Gasteiger partial charge in [0.05, 0.1) is 11.9 Å². The molecule has 2 aromatic rings. The van der Waals surface area contributed by atoms with Gasteiger partial charge in [0, 0.05) is 17.3 Å². The van der Waals surface area contributed by atoms with Crippen molar-refractivity contribution in [1.82, 2.24) is 0 Å². The Balaban J connectivity index is 2.29. The Hall–Kier alpha value is -3.01. The van der Waals surface area contributed by atoms with Crippen molar-refractivity contribution >= 4 is 33.2 Å². The van der Waals surface area contributed by atoms with E-state index >= 15 is 0 Å². The number of carbonyl (C=O) groups is 2. The average molecular weight is 397 g/mol. The highest BCUT2D eigenvalue weighted by molar-refractivity contribution is 7.92. The quantitative estimate of drug-likeness (QED) is 0.775. The molecule has 0 aliphatic rings. The van der Waals surface area contributed by atoms with E-state index in [1.807, 2.05) is 0 Å². The molecule has 10 heteroatoms. The van der Waals surface area contributed by atoms with Crippen LogP contribution in [0, 0.1) is 11.6 Å². The molecule has 2 rings (SSSR count). The number of benzene rings is 2. The summed E-state index contributed by atoms with van der Waals surface area (Å²) >= 11 is 0. The van der Waals surface area contributed by atoms with Crippen LogP contribution in [0.5, 0.6) is 0 Å². The number of sulfonamides is 1. The summed E-state index contributed by atoms with van der Waals surface area (Å²) < 4.78 is 51.6. The Kier molecular flexibility index (Phi) is 5.79. The maximum atomic E-state index is 13.5. The van der Waals surface area contributed by atoms with E-state index in [1.54, 1.807) is 0 Å². The van der Waals surface area contributed by atoms with Gasteiger partial charge in [0.1, 0.15) is 6.04 Å². The highest BCUT2D eigenvalue weighted by Gasteiger charge is 2.29. The van der Waals surface area contributed by atoms with Crippen LogP contribution in [0.15, 0.2) is 42.5 Å². The Morgan fingerprint density at radius 2 is 1.67 bits per heavy atom. The van der Waals surface area contributed by atoms with Gasteiger partial charge >= 0.3 is 0 Å². The number of rotatable bonds is 6. The van der Waals surface area contributed by atoms with Crippen molar-refractivity contribution in [2.24, 2.45) is 5.73 Å². The molecule has 0 aliphatic carbocycles. The number of anilines is 2. The Morgan fingerprint density at radius 3 is 2.15 bits per heavy atom. The summed E-state index contributed by atoms with van der Waals surface area (Å²) in [5.41, 5.74) is 5.48. The SMILES string of the molecule is C[C@@H](C(=O)Nc1ccc(C(N)=O)cc1)N(c1ccc(F)c(F)c1)S(C)(=O)=O. The van der Waals surface area contributed by atoms with Crippen LogP contribution in [0.1, 0.15) is 17.3 Å². The van der Waals surface area contributed by atoms with E-state index in [0.29, 0.717) is 16.1 Å². The lowest BCUT2D eigenvalue weighted by Crippen LogP contribution is -2.45. The highest BCUT2D eigenvalue weighted by atomic mass is 32.2. The molecule has 0 aliphatic heterocycles. The second-order valence-electron chi connectivity index (χ2n) is 5.76. The molecule has 2 aromatic carbocycles. The van der Waals surface area contributed by atoms with E-state index in [2.05, 4.69) is 5.32 Å². The normalized spacial score (nSPS) is 12.3. The molecule has 0 fully saturated rings. The van der Waals surface area contributed by atoms with Crippen LogP contribution in [-0.2, 0) is 14.8 Å². The molecule has 144 valence electrons. The van der Waals surface area contributed by atoms with Gasteiger partial charge in [0.15, 0.2) is 11.6 Å². The maximum absolute atomic E-state index is 13.5. The maximum Gasteiger partial charge on any atom is 0.248 e. The van der Waals surface area contributed by atoms with Gasteiger partial charge in [-0.05, 0) is 43.3 Å². The number of nitrogens with one attached hydrogen (secondary N) is 1. The van der Waals surface area contributed by atoms with Gasteiger partial charge in [-0.15, -0.1) is 0 Å². The van der Waals surface area contributed by atoms with Crippen molar-refractivity contribution in [2.75, 3.05) is 15.9 Å². The second kappa shape index (κ2) is 7.70. The molecule has 1 atom stereocenters. The van der Waals surface area contributed by atoms with Crippen LogP contribution < -0.4 is 15.4 Å². The zero-order chi connectivity index (χ0) is 20.4. The van der Waals surface area contributed by atoms with E-state index < -0.39 is 39.5 Å². The highest BCUT2D eigenvalue weighted by Crippen LogP contribution is 2.23. The van der Waals surface area contributed by atoms with E-state index in [4.69, 9.17) is 5.73 Å². The molecule has 7 nitrogen and oxygen atoms in total. The number of carbonyl (C=O) groups excluding carboxylic acids is 2. The molecule has 0 radical (unpaired) electrons. The number of hydrogen-bond donors (Lipinski definition) is 2. The van der Waals surface area contributed by atoms with Gasteiger partial charge < -0.3 is 11.1 Å². The molecule has 0 saturated carbocycles. The summed E-state index contributed by atoms with van der Waals surface area (Å²) in [4.78, 5) is 23.5. The van der Waals surface area contributed by atoms with E-state index in [0.717, 1.165) is 18.4 Å². The zero-order valence-corrected chi connectivity index (χ0v) is 15.3. The van der Waals surface area contributed by atoms with E-state index in [1.165, 1.54) is 31.2 Å². The first-order chi connectivity index (χ1) is 12.5. The lowest BCUT2D eigenvalue weighted by Gasteiger charge is -2.28. The lowest BCUT2D eigenvalue weighted by molar-refractivity contribution is -0.116. The minimum Gasteiger partial charge on any atom is -0.366 e. The van der Waals surface area contributed by atoms with Gasteiger partial charge in [-0.1, -0.05) is 0 Å². The molecule has 27 heavy (non-hydrogen) atoms. The summed E-state index contributed by atoms with van der Waals surface area (Å²) in [6.45, 7) is 1.30. The third-order valence-corrected chi connectivity index (χ3v) is 4.92. The number of amides is 2. The first-order valence-electron chi connectivity index (χ1n) is 7.66. The first-order valence-corrected chi connectivity index (χ1v) is 9.50. The largest absolute Gasteiger partial charge is 0.366 e. The van der Waals surface area contributed by atoms with Gasteiger partial charge in [-0.2, -0.15) is 0 Å². The molecule has 0 heterocycles. The average Bonchev–Trinajstić information content (AvgIpc) is 2.57. The Bertz CT molecular complexity index is 978. The summed E-state index contributed by atoms with van der Waals surface area (Å²) in [6.07, 6.45) is 0.847. The van der Waals surface area contributed by atoms with Crippen molar-refractivity contribution in [3.05, 3.63) is 59.7 Å². The van der Waals surface area contributed by atoms with Crippen LogP contribution in [0.2, 0.25) is 0 Å². The first kappa shape index (κ1) is 20.3. The van der Waals surface area contributed by atoms with Gasteiger partial charge in [0.25, 0.3) is 0 Å². The van der Waals surface area contributed by atoms with Gasteiger partial charge in [-0.3, -0.25) is 13.9 Å².